The van der Waals surface area contributed by atoms with E-state index in [1.54, 1.807) is 18.3 Å². The molecule has 0 unspecified atom stereocenters. The number of carbonyl (C=O) groups excluding carboxylic acids is 1. The van der Waals surface area contributed by atoms with Gasteiger partial charge in [-0.3, -0.25) is 4.79 Å². The van der Waals surface area contributed by atoms with Crippen molar-refractivity contribution in [1.82, 2.24) is 15.3 Å². The van der Waals surface area contributed by atoms with Crippen molar-refractivity contribution in [3.05, 3.63) is 59.4 Å². The summed E-state index contributed by atoms with van der Waals surface area (Å²) in [7, 11) is 0. The second kappa shape index (κ2) is 7.17. The minimum absolute atomic E-state index is 0.116. The van der Waals surface area contributed by atoms with E-state index in [0.717, 1.165) is 11.9 Å². The van der Waals surface area contributed by atoms with Crippen molar-refractivity contribution in [2.75, 3.05) is 13.2 Å². The number of H-pyrrole nitrogens is 1. The van der Waals surface area contributed by atoms with Crippen LogP contribution in [0.5, 0.6) is 5.88 Å². The van der Waals surface area contributed by atoms with Crippen LogP contribution in [-0.2, 0) is 6.42 Å². The number of rotatable bonds is 6. The number of aromatic nitrogens is 2. The Kier molecular flexibility index (Phi) is 4.79. The Balaban J connectivity index is 1.63. The summed E-state index contributed by atoms with van der Waals surface area (Å²) >= 11 is 0. The first-order valence-electron chi connectivity index (χ1n) is 8.11. The molecule has 2 heterocycles. The van der Waals surface area contributed by atoms with Crippen molar-refractivity contribution >= 4 is 16.8 Å². The Morgan fingerprint density at radius 2 is 2.21 bits per heavy atom. The van der Waals surface area contributed by atoms with Crippen LogP contribution in [0.3, 0.4) is 0 Å². The van der Waals surface area contributed by atoms with E-state index >= 15 is 0 Å². The summed E-state index contributed by atoms with van der Waals surface area (Å²) in [6.07, 6.45) is 4.38. The Hall–Kier alpha value is -2.82. The maximum absolute atomic E-state index is 12.3. The van der Waals surface area contributed by atoms with E-state index in [1.165, 1.54) is 16.5 Å². The van der Waals surface area contributed by atoms with Gasteiger partial charge >= 0.3 is 0 Å². The first-order valence-corrected chi connectivity index (χ1v) is 8.11. The van der Waals surface area contributed by atoms with Gasteiger partial charge in [0.05, 0.1) is 6.61 Å². The third-order valence-electron chi connectivity index (χ3n) is 3.96. The van der Waals surface area contributed by atoms with Gasteiger partial charge in [0, 0.05) is 41.5 Å². The number of fused-ring (bicyclic) bond motifs is 1. The molecular formula is C19H21N3O2. The molecule has 0 bridgehead atoms. The van der Waals surface area contributed by atoms with Gasteiger partial charge in [-0.1, -0.05) is 12.1 Å². The maximum atomic E-state index is 12.3. The number of nitrogens with zero attached hydrogens (tertiary/aromatic N) is 1. The van der Waals surface area contributed by atoms with Gasteiger partial charge in [0.15, 0.2) is 0 Å². The largest absolute Gasteiger partial charge is 0.478 e. The second-order valence-electron chi connectivity index (χ2n) is 5.63. The zero-order valence-corrected chi connectivity index (χ0v) is 13.9. The average Bonchev–Trinajstić information content (AvgIpc) is 3.00. The lowest BCUT2D eigenvalue weighted by atomic mass is 10.1. The van der Waals surface area contributed by atoms with Gasteiger partial charge in [-0.25, -0.2) is 4.98 Å². The molecule has 24 heavy (non-hydrogen) atoms. The SMILES string of the molecule is CCOc1cc(C(=O)NCCc2c[nH]c3cccc(C)c23)ccn1. The molecule has 0 aliphatic heterocycles. The number of ether oxygens (including phenoxy) is 1. The predicted octanol–water partition coefficient (Wildman–Crippen LogP) is 3.24. The van der Waals surface area contributed by atoms with Crippen molar-refractivity contribution in [1.29, 1.82) is 0 Å². The summed E-state index contributed by atoms with van der Waals surface area (Å²) in [6.45, 7) is 5.09. The van der Waals surface area contributed by atoms with Crippen molar-refractivity contribution in [2.45, 2.75) is 20.3 Å². The molecule has 0 radical (unpaired) electrons. The second-order valence-corrected chi connectivity index (χ2v) is 5.63. The lowest BCUT2D eigenvalue weighted by molar-refractivity contribution is 0.0953. The smallest absolute Gasteiger partial charge is 0.251 e. The molecule has 2 aromatic heterocycles. The monoisotopic (exact) mass is 323 g/mol. The fourth-order valence-corrected chi connectivity index (χ4v) is 2.84. The molecule has 5 nitrogen and oxygen atoms in total. The molecular weight excluding hydrogens is 302 g/mol. The topological polar surface area (TPSA) is 67.0 Å². The predicted molar refractivity (Wildman–Crippen MR) is 94.5 cm³/mol. The number of aromatic amines is 1. The number of hydrogen-bond acceptors (Lipinski definition) is 3. The van der Waals surface area contributed by atoms with Crippen LogP contribution in [0.2, 0.25) is 0 Å². The molecule has 3 rings (SSSR count). The van der Waals surface area contributed by atoms with E-state index in [2.05, 4.69) is 34.3 Å². The van der Waals surface area contributed by atoms with Gasteiger partial charge in [-0.05, 0) is 43.5 Å². The molecule has 0 fully saturated rings. The summed E-state index contributed by atoms with van der Waals surface area (Å²) in [5, 5.41) is 4.20. The average molecular weight is 323 g/mol. The number of aryl methyl sites for hydroxylation is 1. The highest BCUT2D eigenvalue weighted by Crippen LogP contribution is 2.22. The lowest BCUT2D eigenvalue weighted by Gasteiger charge is -2.07. The lowest BCUT2D eigenvalue weighted by Crippen LogP contribution is -2.25. The van der Waals surface area contributed by atoms with Crippen molar-refractivity contribution in [2.24, 2.45) is 0 Å². The minimum atomic E-state index is -0.116. The molecule has 1 aromatic carbocycles. The first kappa shape index (κ1) is 16.1. The van der Waals surface area contributed by atoms with E-state index in [4.69, 9.17) is 4.74 Å². The van der Waals surface area contributed by atoms with Gasteiger partial charge in [0.1, 0.15) is 0 Å². The standard InChI is InChI=1S/C19H21N3O2/c1-3-24-17-11-14(7-9-20-17)19(23)21-10-8-15-12-22-16-6-4-5-13(2)18(15)16/h4-7,9,11-12,22H,3,8,10H2,1-2H3,(H,21,23). The molecule has 0 spiro atoms. The molecule has 5 heteroatoms. The molecule has 0 aliphatic carbocycles. The van der Waals surface area contributed by atoms with Crippen LogP contribution in [-0.4, -0.2) is 29.0 Å². The third-order valence-corrected chi connectivity index (χ3v) is 3.96. The molecule has 0 saturated heterocycles. The number of amides is 1. The highest BCUT2D eigenvalue weighted by Gasteiger charge is 2.09. The Morgan fingerprint density at radius 3 is 3.04 bits per heavy atom. The quantitative estimate of drug-likeness (QED) is 0.732. The summed E-state index contributed by atoms with van der Waals surface area (Å²) in [5.41, 5.74) is 4.15. The fraction of sp³-hybridized carbons (Fsp3) is 0.263. The fourth-order valence-electron chi connectivity index (χ4n) is 2.84. The molecule has 0 aliphatic rings. The van der Waals surface area contributed by atoms with Crippen LogP contribution in [0.1, 0.15) is 28.4 Å². The Bertz CT molecular complexity index is 855. The van der Waals surface area contributed by atoms with E-state index in [1.807, 2.05) is 19.2 Å². The zero-order chi connectivity index (χ0) is 16.9. The zero-order valence-electron chi connectivity index (χ0n) is 13.9. The normalized spacial score (nSPS) is 10.8. The maximum Gasteiger partial charge on any atom is 0.251 e. The first-order chi connectivity index (χ1) is 11.7. The van der Waals surface area contributed by atoms with Gasteiger partial charge in [0.25, 0.3) is 5.91 Å². The summed E-state index contributed by atoms with van der Waals surface area (Å²) in [5.74, 6) is 0.354. The van der Waals surface area contributed by atoms with Crippen LogP contribution >= 0.6 is 0 Å². The Labute approximate surface area is 141 Å². The van der Waals surface area contributed by atoms with Crippen molar-refractivity contribution < 1.29 is 9.53 Å². The van der Waals surface area contributed by atoms with Crippen molar-refractivity contribution in [3.8, 4) is 5.88 Å². The number of pyridine rings is 1. The third kappa shape index (κ3) is 3.40. The van der Waals surface area contributed by atoms with Gasteiger partial charge in [-0.2, -0.15) is 0 Å². The van der Waals surface area contributed by atoms with Gasteiger partial charge < -0.3 is 15.0 Å². The molecule has 2 N–H and O–H groups in total. The molecule has 0 saturated carbocycles. The highest BCUT2D eigenvalue weighted by molar-refractivity contribution is 5.94. The minimum Gasteiger partial charge on any atom is -0.478 e. The molecule has 124 valence electrons. The molecule has 0 atom stereocenters. The van der Waals surface area contributed by atoms with Crippen LogP contribution < -0.4 is 10.1 Å². The number of nitrogens with one attached hydrogen (secondary N) is 2. The molecule has 1 amide bonds. The summed E-state index contributed by atoms with van der Waals surface area (Å²) in [4.78, 5) is 19.6. The summed E-state index contributed by atoms with van der Waals surface area (Å²) in [6, 6.07) is 9.56. The van der Waals surface area contributed by atoms with E-state index < -0.39 is 0 Å². The van der Waals surface area contributed by atoms with Crippen LogP contribution in [0.4, 0.5) is 0 Å². The number of carbonyl (C=O) groups is 1. The number of hydrogen-bond donors (Lipinski definition) is 2. The number of benzene rings is 1. The Morgan fingerprint density at radius 1 is 1.33 bits per heavy atom. The van der Waals surface area contributed by atoms with Crippen molar-refractivity contribution in [3.63, 3.8) is 0 Å². The van der Waals surface area contributed by atoms with Crippen LogP contribution in [0.15, 0.2) is 42.7 Å². The summed E-state index contributed by atoms with van der Waals surface area (Å²) < 4.78 is 5.33. The van der Waals surface area contributed by atoms with E-state index in [-0.39, 0.29) is 5.91 Å². The van der Waals surface area contributed by atoms with Gasteiger partial charge in [0.2, 0.25) is 5.88 Å². The van der Waals surface area contributed by atoms with Crippen LogP contribution in [0.25, 0.3) is 10.9 Å². The van der Waals surface area contributed by atoms with Gasteiger partial charge in [-0.15, -0.1) is 0 Å². The highest BCUT2D eigenvalue weighted by atomic mass is 16.5. The molecule has 3 aromatic rings. The van der Waals surface area contributed by atoms with E-state index in [0.29, 0.717) is 24.6 Å². The van der Waals surface area contributed by atoms with E-state index in [9.17, 15) is 4.79 Å². The van der Waals surface area contributed by atoms with Crippen LogP contribution in [0, 0.1) is 6.92 Å².